The minimum Gasteiger partial charge on any atom is -0.477 e. The molecule has 0 unspecified atom stereocenters. The molecule has 141 heavy (non-hydrogen) atoms. The van der Waals surface area contributed by atoms with Crippen LogP contribution in [0.25, 0.3) is 90.4 Å². The first-order valence-electron chi connectivity index (χ1n) is 45.6. The Hall–Kier alpha value is -17.9. The first-order chi connectivity index (χ1) is 68.7. The zero-order valence-corrected chi connectivity index (χ0v) is 80.5. The minimum atomic E-state index is -0.428. The van der Waals surface area contributed by atoms with Gasteiger partial charge in [0.1, 0.15) is 86.3 Å². The zero-order valence-electron chi connectivity index (χ0n) is 78.9. The van der Waals surface area contributed by atoms with Gasteiger partial charge in [-0.1, -0.05) is 152 Å². The Morgan fingerprint density at radius 1 is 0.312 bits per heavy atom. The van der Waals surface area contributed by atoms with E-state index in [4.69, 9.17) is 38.9 Å². The number of aromatic nitrogens is 18. The van der Waals surface area contributed by atoms with Crippen molar-refractivity contribution in [3.8, 4) is 85.4 Å². The summed E-state index contributed by atoms with van der Waals surface area (Å²) in [6.45, 7) is 23.4. The molecular weight excluding hydrogens is 1850 g/mol. The first-order valence-corrected chi connectivity index (χ1v) is 46.4. The summed E-state index contributed by atoms with van der Waals surface area (Å²) in [5, 5.41) is 42.4. The zero-order chi connectivity index (χ0) is 97.9. The predicted octanol–water partition coefficient (Wildman–Crippen LogP) is 22.6. The fourth-order valence-electron chi connectivity index (χ4n) is 16.2. The van der Waals surface area contributed by atoms with E-state index in [-0.39, 0.29) is 6.03 Å². The van der Waals surface area contributed by atoms with Crippen LogP contribution in [-0.4, -0.2) is 131 Å². The SMILES string of the molecule is CCOc1nn(-c2ccccc2)c(NC(=O)Nc2c(-c3ccc(C)nc3)nc3c(C)cccn23)c1C.CCOc1nn(-c2ccccc2)c(NC(=O)Nc2c(-c3ccc(C)nc3)nc3c(C)cccn23)c1C.CCOc1nn(-c2ccccc2)c(NC(=O)Nc2c(-c3ccccc3)nc3c(Br)cccn23)c1C.Cc1cccn2c(NC(=O)Nc3c4c(nn3-c3ccccc3)COC4)c(-c3ccccc3)nc12. The lowest BCUT2D eigenvalue weighted by Crippen LogP contribution is -2.23. The summed E-state index contributed by atoms with van der Waals surface area (Å²) in [4.78, 5) is 81.5. The number of halogens is 1. The fourth-order valence-corrected chi connectivity index (χ4v) is 16.6. The molecule has 1 aliphatic heterocycles. The topological polar surface area (TPSA) is 368 Å². The monoisotopic (exact) mass is 1940 g/mol. The molecule has 0 fully saturated rings. The van der Waals surface area contributed by atoms with Crippen LogP contribution >= 0.6 is 15.9 Å². The number of urea groups is 4. The molecule has 20 aromatic rings. The van der Waals surface area contributed by atoms with Gasteiger partial charge in [-0.2, -0.15) is 5.10 Å². The van der Waals surface area contributed by atoms with Gasteiger partial charge in [-0.25, -0.2) is 57.8 Å². The number of benzene rings is 6. The molecule has 6 aromatic carbocycles. The van der Waals surface area contributed by atoms with Crippen LogP contribution in [0, 0.1) is 55.4 Å². The molecule has 15 heterocycles. The Labute approximate surface area is 818 Å². The van der Waals surface area contributed by atoms with E-state index in [9.17, 15) is 19.2 Å². The van der Waals surface area contributed by atoms with Gasteiger partial charge in [0.25, 0.3) is 0 Å². The van der Waals surface area contributed by atoms with Crippen molar-refractivity contribution in [3.63, 3.8) is 0 Å². The predicted molar refractivity (Wildman–Crippen MR) is 551 cm³/mol. The second-order valence-corrected chi connectivity index (χ2v) is 33.6. The second kappa shape index (κ2) is 41.8. The maximum absolute atomic E-state index is 13.4. The quantitative estimate of drug-likeness (QED) is 0.0312. The Kier molecular flexibility index (Phi) is 27.7. The molecule has 0 aliphatic carbocycles. The van der Waals surface area contributed by atoms with E-state index >= 15 is 0 Å². The summed E-state index contributed by atoms with van der Waals surface area (Å²) in [5.41, 5.74) is 21.1. The van der Waals surface area contributed by atoms with Crippen LogP contribution in [0.3, 0.4) is 0 Å². The highest BCUT2D eigenvalue weighted by atomic mass is 79.9. The number of hydrogen-bond acceptors (Lipinski definition) is 18. The van der Waals surface area contributed by atoms with Crippen LogP contribution in [0.15, 0.2) is 296 Å². The van der Waals surface area contributed by atoms with E-state index < -0.39 is 18.1 Å². The molecule has 8 amide bonds. The van der Waals surface area contributed by atoms with Crippen LogP contribution in [0.1, 0.15) is 76.8 Å². The maximum Gasteiger partial charge on any atom is 0.326 e. The van der Waals surface area contributed by atoms with Crippen molar-refractivity contribution in [2.45, 2.75) is 89.4 Å². The van der Waals surface area contributed by atoms with Crippen molar-refractivity contribution in [1.29, 1.82) is 0 Å². The maximum atomic E-state index is 13.4. The van der Waals surface area contributed by atoms with Crippen molar-refractivity contribution < 1.29 is 38.1 Å². The molecule has 0 saturated carbocycles. The summed E-state index contributed by atoms with van der Waals surface area (Å²) >= 11 is 3.56. The third-order valence-corrected chi connectivity index (χ3v) is 23.7. The number of anilines is 8. The lowest BCUT2D eigenvalue weighted by atomic mass is 10.1. The number of rotatable bonds is 22. The first kappa shape index (κ1) is 93.5. The van der Waals surface area contributed by atoms with E-state index in [1.54, 1.807) is 31.1 Å². The number of carbonyl (C=O) groups excluding carboxylic acids is 4. The summed E-state index contributed by atoms with van der Waals surface area (Å²) in [7, 11) is 0. The lowest BCUT2D eigenvalue weighted by Gasteiger charge is -2.13. The Morgan fingerprint density at radius 3 is 0.915 bits per heavy atom. The molecule has 708 valence electrons. The molecule has 0 radical (unpaired) electrons. The van der Waals surface area contributed by atoms with E-state index in [2.05, 4.69) is 88.8 Å². The summed E-state index contributed by atoms with van der Waals surface area (Å²) in [6, 6.07) is 79.7. The number of carbonyl (C=O) groups is 4. The number of ether oxygens (including phenoxy) is 4. The molecule has 0 spiro atoms. The average molecular weight is 1950 g/mol. The third kappa shape index (κ3) is 20.0. The number of nitrogens with one attached hydrogen (secondary N) is 8. The normalized spacial score (nSPS) is 11.4. The number of imidazole rings is 4. The Balaban J connectivity index is 0.000000124. The van der Waals surface area contributed by atoms with Gasteiger partial charge in [0.05, 0.1) is 82.6 Å². The molecule has 0 atom stereocenters. The van der Waals surface area contributed by atoms with Crippen molar-refractivity contribution in [2.75, 3.05) is 62.4 Å². The van der Waals surface area contributed by atoms with Crippen molar-refractivity contribution in [3.05, 3.63) is 352 Å². The van der Waals surface area contributed by atoms with Gasteiger partial charge in [0.15, 0.2) is 5.65 Å². The fraction of sp³-hybridized carbons (Fsp3) is 0.151. The van der Waals surface area contributed by atoms with E-state index in [0.29, 0.717) is 126 Å². The van der Waals surface area contributed by atoms with Crippen LogP contribution in [0.5, 0.6) is 17.6 Å². The molecule has 0 bridgehead atoms. The average Bonchev–Trinajstić information content (AvgIpc) is 1.64. The molecule has 1 aliphatic rings. The largest absolute Gasteiger partial charge is 0.477 e. The van der Waals surface area contributed by atoms with Crippen molar-refractivity contribution in [1.82, 2.24) is 86.6 Å². The van der Waals surface area contributed by atoms with Crippen LogP contribution in [-0.2, 0) is 18.0 Å². The summed E-state index contributed by atoms with van der Waals surface area (Å²) in [6.07, 6.45) is 11.0. The molecule has 35 heteroatoms. The number of amides is 8. The number of para-hydroxylation sites is 4. The highest BCUT2D eigenvalue weighted by molar-refractivity contribution is 9.10. The molecule has 21 rings (SSSR count). The summed E-state index contributed by atoms with van der Waals surface area (Å²) in [5.74, 6) is 5.81. The van der Waals surface area contributed by atoms with E-state index in [1.165, 1.54) is 0 Å². The second-order valence-electron chi connectivity index (χ2n) is 32.8. The Morgan fingerprint density at radius 2 is 0.596 bits per heavy atom. The third-order valence-electron chi connectivity index (χ3n) is 23.1. The van der Waals surface area contributed by atoms with Gasteiger partial charge in [0, 0.05) is 76.4 Å². The number of nitrogens with zero attached hydrogens (tertiary/aromatic N) is 18. The van der Waals surface area contributed by atoms with Crippen molar-refractivity contribution in [2.24, 2.45) is 0 Å². The van der Waals surface area contributed by atoms with Crippen LogP contribution < -0.4 is 56.7 Å². The standard InChI is InChI=1S/2C27H27N7O2.C26H23BrN6O2.C26H22N6O2/c2*1-5-36-26-19(4)24(34(32-26)21-11-7-6-8-12-21)30-27(35)31-25-22(20-14-13-18(3)28-16-20)29-23-17(2)10-9-15-33(23)25;1-3-35-25-17(2)22(33(31-25)19-13-8-5-9-14-19)29-26(34)30-24-21(18-11-6-4-7-12-18)28-23-20(27)15-10-16-32(23)24;1-17-9-8-14-31-23(17)27-22(18-10-4-2-5-11-18)25(31)29-26(33)28-24-20-15-34-16-21(20)30-32(24)19-12-6-3-7-13-19/h2*6-16H,5H2,1-4H3,(H2,30,31,35);4-16H,3H2,1-2H3,(H2,29,30,34);2-14H,15-16H2,1H3,(H2,28,29,33). The van der Waals surface area contributed by atoms with Crippen LogP contribution in [0.4, 0.5) is 65.7 Å². The van der Waals surface area contributed by atoms with Gasteiger partial charge in [-0.05, 0) is 212 Å². The van der Waals surface area contributed by atoms with Gasteiger partial charge < -0.3 is 18.9 Å². The van der Waals surface area contributed by atoms with Gasteiger partial charge >= 0.3 is 24.1 Å². The molecule has 14 aromatic heterocycles. The smallest absolute Gasteiger partial charge is 0.326 e. The highest BCUT2D eigenvalue weighted by Gasteiger charge is 2.31. The summed E-state index contributed by atoms with van der Waals surface area (Å²) < 4.78 is 37.7. The highest BCUT2D eigenvalue weighted by Crippen LogP contribution is 2.40. The lowest BCUT2D eigenvalue weighted by molar-refractivity contribution is 0.131. The number of fused-ring (bicyclic) bond motifs is 5. The Bertz CT molecular complexity index is 7700. The molecule has 0 saturated heterocycles. The number of hydrogen-bond donors (Lipinski definition) is 8. The van der Waals surface area contributed by atoms with Crippen LogP contribution in [0.2, 0.25) is 0 Å². The molecule has 34 nitrogen and oxygen atoms in total. The number of aryl methyl sites for hydroxylation is 5. The van der Waals surface area contributed by atoms with Gasteiger partial charge in [-0.3, -0.25) is 70.1 Å². The molecular formula is C106H99BrN26O8. The van der Waals surface area contributed by atoms with Gasteiger partial charge in [0.2, 0.25) is 17.6 Å². The number of pyridine rings is 6. The minimum absolute atomic E-state index is 0.382. The van der Waals surface area contributed by atoms with Crippen molar-refractivity contribution >= 4 is 109 Å². The van der Waals surface area contributed by atoms with E-state index in [1.807, 2.05) is 373 Å². The van der Waals surface area contributed by atoms with E-state index in [0.717, 1.165) is 122 Å². The van der Waals surface area contributed by atoms with Gasteiger partial charge in [-0.15, -0.1) is 15.3 Å². The molecule has 8 N–H and O–H groups in total.